The van der Waals surface area contributed by atoms with E-state index in [1.165, 1.54) is 22.3 Å². The number of hydrogen-bond acceptors (Lipinski definition) is 0. The normalized spacial score (nSPS) is 18.3. The topological polar surface area (TPSA) is 0 Å². The molecule has 0 N–H and O–H groups in total. The van der Waals surface area contributed by atoms with Crippen LogP contribution in [0.15, 0.2) is 23.8 Å². The van der Waals surface area contributed by atoms with Crippen molar-refractivity contribution in [2.75, 3.05) is 0 Å². The molecule has 0 nitrogen and oxygen atoms in total. The molecule has 2 rings (SSSR count). The number of fused-ring (bicyclic) bond motifs is 1. The first kappa shape index (κ1) is 8.55. The van der Waals surface area contributed by atoms with Crippen molar-refractivity contribution < 1.29 is 0 Å². The summed E-state index contributed by atoms with van der Waals surface area (Å²) in [6.45, 7) is 8.97. The second-order valence-electron chi connectivity index (χ2n) is 4.54. The Hall–Kier alpha value is -1.04. The van der Waals surface area contributed by atoms with E-state index in [9.17, 15) is 0 Å². The summed E-state index contributed by atoms with van der Waals surface area (Å²) in [6.07, 6.45) is 2.30. The average Bonchev–Trinajstić information content (AvgIpc) is 2.27. The van der Waals surface area contributed by atoms with Gasteiger partial charge in [-0.2, -0.15) is 0 Å². The molecule has 0 spiro atoms. The quantitative estimate of drug-likeness (QED) is 0.560. The van der Waals surface area contributed by atoms with Crippen LogP contribution in [0.2, 0.25) is 0 Å². The molecule has 1 aromatic rings. The van der Waals surface area contributed by atoms with Crippen LogP contribution < -0.4 is 0 Å². The molecule has 1 aromatic carbocycles. The highest BCUT2D eigenvalue weighted by Crippen LogP contribution is 2.41. The third-order valence-electron chi connectivity index (χ3n) is 3.24. The van der Waals surface area contributed by atoms with Crippen molar-refractivity contribution in [3.8, 4) is 0 Å². The summed E-state index contributed by atoms with van der Waals surface area (Å²) in [6, 6.07) is 6.72. The predicted octanol–water partition coefficient (Wildman–Crippen LogP) is 3.69. The van der Waals surface area contributed by atoms with Gasteiger partial charge in [0, 0.05) is 5.41 Å². The van der Waals surface area contributed by atoms with Gasteiger partial charge in [-0.3, -0.25) is 0 Å². The number of allylic oxidation sites excluding steroid dienone is 1. The Morgan fingerprint density at radius 3 is 2.46 bits per heavy atom. The fourth-order valence-corrected chi connectivity index (χ4v) is 1.96. The van der Waals surface area contributed by atoms with Gasteiger partial charge in [0.1, 0.15) is 0 Å². The van der Waals surface area contributed by atoms with Crippen LogP contribution in [0, 0.1) is 6.92 Å². The zero-order valence-corrected chi connectivity index (χ0v) is 8.81. The Morgan fingerprint density at radius 2 is 1.77 bits per heavy atom. The maximum Gasteiger partial charge on any atom is 0.0112 e. The minimum atomic E-state index is 0.237. The number of rotatable bonds is 0. The standard InChI is InChI=1S/C13H16/c1-9-5-6-11-8-10(2)13(3,4)12(11)7-9/h5-8H,1-4H3. The third-order valence-corrected chi connectivity index (χ3v) is 3.24. The molecule has 0 aromatic heterocycles. The summed E-state index contributed by atoms with van der Waals surface area (Å²) in [5.41, 5.74) is 5.93. The molecule has 0 radical (unpaired) electrons. The molecule has 1 aliphatic rings. The summed E-state index contributed by atoms with van der Waals surface area (Å²) in [5.74, 6) is 0. The molecule has 0 bridgehead atoms. The van der Waals surface area contributed by atoms with Gasteiger partial charge in [-0.25, -0.2) is 0 Å². The molecule has 0 saturated carbocycles. The molecule has 68 valence electrons. The lowest BCUT2D eigenvalue weighted by molar-refractivity contribution is 0.639. The zero-order valence-electron chi connectivity index (χ0n) is 8.81. The van der Waals surface area contributed by atoms with E-state index in [0.29, 0.717) is 0 Å². The van der Waals surface area contributed by atoms with Gasteiger partial charge in [0.15, 0.2) is 0 Å². The van der Waals surface area contributed by atoms with E-state index >= 15 is 0 Å². The van der Waals surface area contributed by atoms with Crippen LogP contribution in [0.3, 0.4) is 0 Å². The van der Waals surface area contributed by atoms with E-state index in [1.807, 2.05) is 0 Å². The Morgan fingerprint density at radius 1 is 1.08 bits per heavy atom. The van der Waals surface area contributed by atoms with Crippen molar-refractivity contribution in [3.63, 3.8) is 0 Å². The molecule has 0 amide bonds. The number of benzene rings is 1. The zero-order chi connectivity index (χ0) is 9.64. The monoisotopic (exact) mass is 172 g/mol. The van der Waals surface area contributed by atoms with Crippen molar-refractivity contribution in [2.45, 2.75) is 33.1 Å². The van der Waals surface area contributed by atoms with E-state index in [2.05, 4.69) is 52.0 Å². The summed E-state index contributed by atoms with van der Waals surface area (Å²) < 4.78 is 0. The molecule has 1 aliphatic carbocycles. The van der Waals surface area contributed by atoms with Crippen LogP contribution in [-0.2, 0) is 5.41 Å². The Labute approximate surface area is 80.3 Å². The van der Waals surface area contributed by atoms with Crippen molar-refractivity contribution in [3.05, 3.63) is 40.5 Å². The maximum atomic E-state index is 2.31. The van der Waals surface area contributed by atoms with Crippen molar-refractivity contribution in [1.29, 1.82) is 0 Å². The SMILES string of the molecule is CC1=Cc2ccc(C)cc2C1(C)C. The second kappa shape index (κ2) is 2.47. The summed E-state index contributed by atoms with van der Waals surface area (Å²) in [4.78, 5) is 0. The Kier molecular flexibility index (Phi) is 1.63. The highest BCUT2D eigenvalue weighted by atomic mass is 14.3. The van der Waals surface area contributed by atoms with Crippen LogP contribution >= 0.6 is 0 Å². The van der Waals surface area contributed by atoms with Crippen LogP contribution in [-0.4, -0.2) is 0 Å². The Bertz CT molecular complexity index is 381. The van der Waals surface area contributed by atoms with Crippen molar-refractivity contribution >= 4 is 6.08 Å². The molecule has 0 unspecified atom stereocenters. The third kappa shape index (κ3) is 1.13. The largest absolute Gasteiger partial charge is 0.0627 e. The maximum absolute atomic E-state index is 2.31. The minimum Gasteiger partial charge on any atom is -0.0627 e. The van der Waals surface area contributed by atoms with Gasteiger partial charge in [-0.15, -0.1) is 0 Å². The summed E-state index contributed by atoms with van der Waals surface area (Å²) in [5, 5.41) is 0. The van der Waals surface area contributed by atoms with E-state index in [0.717, 1.165) is 0 Å². The highest BCUT2D eigenvalue weighted by molar-refractivity contribution is 5.68. The first-order valence-corrected chi connectivity index (χ1v) is 4.82. The van der Waals surface area contributed by atoms with Gasteiger partial charge in [0.25, 0.3) is 0 Å². The van der Waals surface area contributed by atoms with Gasteiger partial charge >= 0.3 is 0 Å². The van der Waals surface area contributed by atoms with Gasteiger partial charge in [0.2, 0.25) is 0 Å². The van der Waals surface area contributed by atoms with E-state index in [-0.39, 0.29) is 5.41 Å². The van der Waals surface area contributed by atoms with Gasteiger partial charge < -0.3 is 0 Å². The van der Waals surface area contributed by atoms with Gasteiger partial charge in [-0.1, -0.05) is 49.3 Å². The lowest BCUT2D eigenvalue weighted by atomic mass is 9.82. The molecule has 0 fully saturated rings. The molecule has 13 heavy (non-hydrogen) atoms. The smallest absolute Gasteiger partial charge is 0.0112 e. The first-order chi connectivity index (χ1) is 6.01. The number of hydrogen-bond donors (Lipinski definition) is 0. The second-order valence-corrected chi connectivity index (χ2v) is 4.54. The molecule has 0 saturated heterocycles. The fraction of sp³-hybridized carbons (Fsp3) is 0.385. The van der Waals surface area contributed by atoms with Crippen molar-refractivity contribution in [1.82, 2.24) is 0 Å². The highest BCUT2D eigenvalue weighted by Gasteiger charge is 2.29. The lowest BCUT2D eigenvalue weighted by Crippen LogP contribution is -2.15. The van der Waals surface area contributed by atoms with Crippen molar-refractivity contribution in [2.24, 2.45) is 0 Å². The average molecular weight is 172 g/mol. The van der Waals surface area contributed by atoms with Gasteiger partial charge in [-0.05, 0) is 25.0 Å². The molecular weight excluding hydrogens is 156 g/mol. The van der Waals surface area contributed by atoms with Crippen LogP contribution in [0.5, 0.6) is 0 Å². The van der Waals surface area contributed by atoms with E-state index in [1.54, 1.807) is 0 Å². The minimum absolute atomic E-state index is 0.237. The lowest BCUT2D eigenvalue weighted by Gasteiger charge is -2.22. The molecule has 0 heteroatoms. The van der Waals surface area contributed by atoms with E-state index in [4.69, 9.17) is 0 Å². The molecular formula is C13H16. The van der Waals surface area contributed by atoms with Crippen LogP contribution in [0.4, 0.5) is 0 Å². The first-order valence-electron chi connectivity index (χ1n) is 4.82. The predicted molar refractivity (Wildman–Crippen MR) is 57.9 cm³/mol. The van der Waals surface area contributed by atoms with Crippen LogP contribution in [0.1, 0.15) is 37.5 Å². The Balaban J connectivity index is 2.65. The molecule has 0 heterocycles. The summed E-state index contributed by atoms with van der Waals surface area (Å²) in [7, 11) is 0. The van der Waals surface area contributed by atoms with E-state index < -0.39 is 0 Å². The molecule has 0 aliphatic heterocycles. The van der Waals surface area contributed by atoms with Crippen LogP contribution in [0.25, 0.3) is 6.08 Å². The number of aryl methyl sites for hydroxylation is 1. The summed E-state index contributed by atoms with van der Waals surface area (Å²) >= 11 is 0. The van der Waals surface area contributed by atoms with Gasteiger partial charge in [0.05, 0.1) is 0 Å². The fourth-order valence-electron chi connectivity index (χ4n) is 1.96. The molecule has 0 atom stereocenters.